The first-order valence-electron chi connectivity index (χ1n) is 7.95. The topological polar surface area (TPSA) is 91.4 Å². The van der Waals surface area contributed by atoms with Crippen molar-refractivity contribution < 1.29 is 19.4 Å². The van der Waals surface area contributed by atoms with Gasteiger partial charge >= 0.3 is 5.97 Å². The summed E-state index contributed by atoms with van der Waals surface area (Å²) in [4.78, 5) is 27.5. The SMILES string of the molecule is Cc1[nH]c(C(=O)O[C@H](C)C(=O)Nc2cc(Cl)cc(Cl)c2)c(C)c1[C@@H](C)O. The average molecular weight is 399 g/mol. The fourth-order valence-corrected chi connectivity index (χ4v) is 3.26. The van der Waals surface area contributed by atoms with Crippen LogP contribution in [0.4, 0.5) is 5.69 Å². The molecule has 2 atom stereocenters. The highest BCUT2D eigenvalue weighted by atomic mass is 35.5. The molecule has 0 aliphatic rings. The Hall–Kier alpha value is -2.02. The summed E-state index contributed by atoms with van der Waals surface area (Å²) >= 11 is 11.8. The van der Waals surface area contributed by atoms with Gasteiger partial charge in [0.25, 0.3) is 5.91 Å². The van der Waals surface area contributed by atoms with Gasteiger partial charge in [0.15, 0.2) is 6.10 Å². The molecule has 0 aliphatic carbocycles. The molecule has 1 aromatic heterocycles. The molecular formula is C18H20Cl2N2O4. The lowest BCUT2D eigenvalue weighted by molar-refractivity contribution is -0.123. The van der Waals surface area contributed by atoms with Crippen LogP contribution in [0.15, 0.2) is 18.2 Å². The third kappa shape index (κ3) is 4.58. The summed E-state index contributed by atoms with van der Waals surface area (Å²) in [5.74, 6) is -1.20. The zero-order chi connectivity index (χ0) is 19.6. The first-order chi connectivity index (χ1) is 12.1. The van der Waals surface area contributed by atoms with Crippen molar-refractivity contribution >= 4 is 40.8 Å². The summed E-state index contributed by atoms with van der Waals surface area (Å²) in [7, 11) is 0. The van der Waals surface area contributed by atoms with E-state index in [2.05, 4.69) is 10.3 Å². The Morgan fingerprint density at radius 2 is 1.73 bits per heavy atom. The third-order valence-corrected chi connectivity index (χ3v) is 4.34. The number of ether oxygens (including phenoxy) is 1. The molecule has 140 valence electrons. The molecular weight excluding hydrogens is 379 g/mol. The highest BCUT2D eigenvalue weighted by molar-refractivity contribution is 6.35. The molecule has 6 nitrogen and oxygen atoms in total. The van der Waals surface area contributed by atoms with Gasteiger partial charge in [-0.25, -0.2) is 4.79 Å². The van der Waals surface area contributed by atoms with Crippen LogP contribution in [0.25, 0.3) is 0 Å². The third-order valence-electron chi connectivity index (χ3n) is 3.90. The molecule has 0 saturated carbocycles. The van der Waals surface area contributed by atoms with Crippen molar-refractivity contribution in [3.8, 4) is 0 Å². The highest BCUT2D eigenvalue weighted by Gasteiger charge is 2.24. The van der Waals surface area contributed by atoms with Crippen LogP contribution >= 0.6 is 23.2 Å². The number of benzene rings is 1. The summed E-state index contributed by atoms with van der Waals surface area (Å²) in [6.45, 7) is 6.54. The van der Waals surface area contributed by atoms with Crippen LogP contribution in [0, 0.1) is 13.8 Å². The number of carbonyl (C=O) groups is 2. The average Bonchev–Trinajstić information content (AvgIpc) is 2.80. The maximum absolute atomic E-state index is 12.4. The predicted octanol–water partition coefficient (Wildman–Crippen LogP) is 4.18. The number of aliphatic hydroxyl groups is 1. The van der Waals surface area contributed by atoms with Crippen LogP contribution in [0.3, 0.4) is 0 Å². The van der Waals surface area contributed by atoms with E-state index in [9.17, 15) is 14.7 Å². The van der Waals surface area contributed by atoms with E-state index in [-0.39, 0.29) is 5.69 Å². The highest BCUT2D eigenvalue weighted by Crippen LogP contribution is 2.25. The number of hydrogen-bond donors (Lipinski definition) is 3. The molecule has 0 unspecified atom stereocenters. The molecule has 0 fully saturated rings. The molecule has 2 rings (SSSR count). The first kappa shape index (κ1) is 20.3. The second-order valence-electron chi connectivity index (χ2n) is 6.03. The Morgan fingerprint density at radius 3 is 2.23 bits per heavy atom. The van der Waals surface area contributed by atoms with Crippen molar-refractivity contribution in [2.75, 3.05) is 5.32 Å². The Morgan fingerprint density at radius 1 is 1.15 bits per heavy atom. The Balaban J connectivity index is 2.09. The molecule has 1 heterocycles. The number of hydrogen-bond acceptors (Lipinski definition) is 4. The molecule has 26 heavy (non-hydrogen) atoms. The number of anilines is 1. The molecule has 0 aliphatic heterocycles. The van der Waals surface area contributed by atoms with Gasteiger partial charge in [0.1, 0.15) is 5.69 Å². The van der Waals surface area contributed by atoms with E-state index in [0.717, 1.165) is 0 Å². The maximum atomic E-state index is 12.4. The van der Waals surface area contributed by atoms with Crippen molar-refractivity contribution in [1.82, 2.24) is 4.98 Å². The number of esters is 1. The minimum Gasteiger partial charge on any atom is -0.448 e. The fraction of sp³-hybridized carbons (Fsp3) is 0.333. The molecule has 0 spiro atoms. The second kappa shape index (κ2) is 8.12. The number of halogens is 2. The zero-order valence-corrected chi connectivity index (χ0v) is 16.3. The van der Waals surface area contributed by atoms with Gasteiger partial charge in [0.05, 0.1) is 6.10 Å². The zero-order valence-electron chi connectivity index (χ0n) is 14.8. The minimum atomic E-state index is -1.04. The van der Waals surface area contributed by atoms with Crippen LogP contribution in [0.2, 0.25) is 10.0 Å². The Bertz CT molecular complexity index is 826. The number of aryl methyl sites for hydroxylation is 1. The largest absolute Gasteiger partial charge is 0.448 e. The number of rotatable bonds is 5. The number of H-pyrrole nitrogens is 1. The molecule has 8 heteroatoms. The molecule has 2 aromatic rings. The number of nitrogens with one attached hydrogen (secondary N) is 2. The smallest absolute Gasteiger partial charge is 0.355 e. The van der Waals surface area contributed by atoms with Crippen LogP contribution in [-0.4, -0.2) is 28.1 Å². The van der Waals surface area contributed by atoms with Gasteiger partial charge in [-0.2, -0.15) is 0 Å². The summed E-state index contributed by atoms with van der Waals surface area (Å²) in [6.07, 6.45) is -1.76. The molecule has 0 bridgehead atoms. The summed E-state index contributed by atoms with van der Waals surface area (Å²) in [5, 5.41) is 13.1. The number of aliphatic hydroxyl groups excluding tert-OH is 1. The van der Waals surface area contributed by atoms with E-state index in [1.54, 1.807) is 20.8 Å². The van der Waals surface area contributed by atoms with Crippen LogP contribution < -0.4 is 5.32 Å². The Kier molecular flexibility index (Phi) is 6.34. The van der Waals surface area contributed by atoms with Crippen molar-refractivity contribution in [2.45, 2.75) is 39.9 Å². The monoisotopic (exact) mass is 398 g/mol. The maximum Gasteiger partial charge on any atom is 0.355 e. The lowest BCUT2D eigenvalue weighted by Gasteiger charge is -2.14. The minimum absolute atomic E-state index is 0.212. The van der Waals surface area contributed by atoms with Gasteiger partial charge in [0, 0.05) is 27.0 Å². The predicted molar refractivity (Wildman–Crippen MR) is 101 cm³/mol. The Labute approximate surface area is 161 Å². The van der Waals surface area contributed by atoms with Gasteiger partial charge in [-0.05, 0) is 51.5 Å². The van der Waals surface area contributed by atoms with E-state index in [0.29, 0.717) is 32.6 Å². The first-order valence-corrected chi connectivity index (χ1v) is 8.70. The van der Waals surface area contributed by atoms with Gasteiger partial charge in [-0.15, -0.1) is 0 Å². The van der Waals surface area contributed by atoms with Gasteiger partial charge < -0.3 is 20.1 Å². The van der Waals surface area contributed by atoms with E-state index >= 15 is 0 Å². The van der Waals surface area contributed by atoms with Gasteiger partial charge in [-0.3, -0.25) is 4.79 Å². The second-order valence-corrected chi connectivity index (χ2v) is 6.91. The van der Waals surface area contributed by atoms with Crippen molar-refractivity contribution in [1.29, 1.82) is 0 Å². The summed E-state index contributed by atoms with van der Waals surface area (Å²) < 4.78 is 5.23. The van der Waals surface area contributed by atoms with Crippen LogP contribution in [0.1, 0.15) is 47.3 Å². The summed E-state index contributed by atoms with van der Waals surface area (Å²) in [6, 6.07) is 4.61. The van der Waals surface area contributed by atoms with Crippen molar-refractivity contribution in [2.24, 2.45) is 0 Å². The van der Waals surface area contributed by atoms with Gasteiger partial charge in [0.2, 0.25) is 0 Å². The van der Waals surface area contributed by atoms with E-state index < -0.39 is 24.1 Å². The molecule has 1 aromatic carbocycles. The van der Waals surface area contributed by atoms with Gasteiger partial charge in [-0.1, -0.05) is 23.2 Å². The van der Waals surface area contributed by atoms with Crippen LogP contribution in [-0.2, 0) is 9.53 Å². The van der Waals surface area contributed by atoms with E-state index in [1.165, 1.54) is 25.1 Å². The van der Waals surface area contributed by atoms with E-state index in [1.807, 2.05) is 0 Å². The number of aromatic nitrogens is 1. The number of aromatic amines is 1. The molecule has 3 N–H and O–H groups in total. The lowest BCUT2D eigenvalue weighted by atomic mass is 10.1. The van der Waals surface area contributed by atoms with Crippen molar-refractivity contribution in [3.63, 3.8) is 0 Å². The van der Waals surface area contributed by atoms with Crippen molar-refractivity contribution in [3.05, 3.63) is 50.8 Å². The molecule has 0 saturated heterocycles. The van der Waals surface area contributed by atoms with E-state index in [4.69, 9.17) is 27.9 Å². The number of carbonyl (C=O) groups excluding carboxylic acids is 2. The summed E-state index contributed by atoms with van der Waals surface area (Å²) in [5.41, 5.74) is 2.53. The standard InChI is InChI=1S/C18H20Cl2N2O4/c1-8-15(10(3)23)9(2)21-16(8)18(25)26-11(4)17(24)22-14-6-12(19)5-13(20)7-14/h5-7,10-11,21,23H,1-4H3,(H,22,24)/t10-,11-/m1/s1. The normalized spacial score (nSPS) is 13.2. The fourth-order valence-electron chi connectivity index (χ4n) is 2.74. The molecule has 0 radical (unpaired) electrons. The lowest BCUT2D eigenvalue weighted by Crippen LogP contribution is -2.30. The van der Waals surface area contributed by atoms with Crippen LogP contribution in [0.5, 0.6) is 0 Å². The quantitative estimate of drug-likeness (QED) is 0.658. The number of amides is 1. The molecule has 1 amide bonds.